The normalized spacial score (nSPS) is 17.2. The van der Waals surface area contributed by atoms with E-state index >= 15 is 0 Å². The van der Waals surface area contributed by atoms with Crippen LogP contribution in [0.2, 0.25) is 0 Å². The maximum absolute atomic E-state index is 12.2. The molecule has 0 unspecified atom stereocenters. The maximum atomic E-state index is 12.2. The number of esters is 1. The van der Waals surface area contributed by atoms with Gasteiger partial charge in [-0.05, 0) is 31.9 Å². The Morgan fingerprint density at radius 3 is 2.54 bits per heavy atom. The van der Waals surface area contributed by atoms with Gasteiger partial charge in [0.1, 0.15) is 11.3 Å². The van der Waals surface area contributed by atoms with Gasteiger partial charge in [-0.15, -0.1) is 0 Å². The molecule has 0 bridgehead atoms. The first-order chi connectivity index (χ1) is 11.5. The lowest BCUT2D eigenvalue weighted by atomic mass is 9.83. The topological polar surface area (TPSA) is 88.4 Å². The molecular formula is C18H22N2O4. The number of nitriles is 1. The number of nitrogens with zero attached hydrogens (tertiary/aromatic N) is 1. The Morgan fingerprint density at radius 1 is 1.25 bits per heavy atom. The van der Waals surface area contributed by atoms with E-state index in [1.165, 1.54) is 6.92 Å². The third kappa shape index (κ3) is 4.98. The van der Waals surface area contributed by atoms with Gasteiger partial charge in [0.25, 0.3) is 5.91 Å². The predicted molar refractivity (Wildman–Crippen MR) is 87.1 cm³/mol. The molecule has 1 aliphatic rings. The number of nitrogens with one attached hydrogen (secondary N) is 1. The predicted octanol–water partition coefficient (Wildman–Crippen LogP) is 2.34. The van der Waals surface area contributed by atoms with Crippen LogP contribution in [0.25, 0.3) is 0 Å². The van der Waals surface area contributed by atoms with Gasteiger partial charge in [0, 0.05) is 0 Å². The second kappa shape index (κ2) is 8.34. The van der Waals surface area contributed by atoms with Crippen LogP contribution in [0.4, 0.5) is 0 Å². The van der Waals surface area contributed by atoms with Crippen molar-refractivity contribution in [1.29, 1.82) is 5.26 Å². The molecule has 24 heavy (non-hydrogen) atoms. The molecule has 1 aliphatic carbocycles. The number of ether oxygens (including phenoxy) is 2. The van der Waals surface area contributed by atoms with Crippen molar-refractivity contribution in [3.05, 3.63) is 30.3 Å². The van der Waals surface area contributed by atoms with E-state index in [0.717, 1.165) is 19.3 Å². The van der Waals surface area contributed by atoms with Gasteiger partial charge in [-0.25, -0.2) is 4.79 Å². The molecule has 0 radical (unpaired) electrons. The first-order valence-corrected chi connectivity index (χ1v) is 8.15. The molecule has 1 amide bonds. The summed E-state index contributed by atoms with van der Waals surface area (Å²) in [5, 5.41) is 12.1. The van der Waals surface area contributed by atoms with Crippen molar-refractivity contribution < 1.29 is 19.1 Å². The minimum atomic E-state index is -0.968. The fraction of sp³-hybridized carbons (Fsp3) is 0.500. The second-order valence-corrected chi connectivity index (χ2v) is 5.98. The Kier molecular flexibility index (Phi) is 6.19. The smallest absolute Gasteiger partial charge is 0.344 e. The molecule has 2 rings (SSSR count). The van der Waals surface area contributed by atoms with E-state index in [4.69, 9.17) is 9.47 Å². The molecule has 6 nitrogen and oxygen atoms in total. The van der Waals surface area contributed by atoms with Crippen molar-refractivity contribution in [2.45, 2.75) is 50.7 Å². The summed E-state index contributed by atoms with van der Waals surface area (Å²) in [7, 11) is 0. The number of para-hydroxylation sites is 1. The van der Waals surface area contributed by atoms with Crippen LogP contribution in [0.3, 0.4) is 0 Å². The number of hydrogen-bond acceptors (Lipinski definition) is 5. The highest BCUT2D eigenvalue weighted by Gasteiger charge is 2.35. The molecular weight excluding hydrogens is 308 g/mol. The van der Waals surface area contributed by atoms with Crippen LogP contribution in [0.1, 0.15) is 39.0 Å². The molecule has 1 aromatic carbocycles. The summed E-state index contributed by atoms with van der Waals surface area (Å²) < 4.78 is 10.4. The molecule has 1 atom stereocenters. The molecule has 6 heteroatoms. The third-order valence-corrected chi connectivity index (χ3v) is 4.06. The maximum Gasteiger partial charge on any atom is 0.344 e. The molecule has 1 saturated carbocycles. The lowest BCUT2D eigenvalue weighted by molar-refractivity contribution is -0.157. The first kappa shape index (κ1) is 17.8. The van der Waals surface area contributed by atoms with Gasteiger partial charge in [0.05, 0.1) is 6.07 Å². The highest BCUT2D eigenvalue weighted by atomic mass is 16.6. The summed E-state index contributed by atoms with van der Waals surface area (Å²) in [4.78, 5) is 24.0. The van der Waals surface area contributed by atoms with Gasteiger partial charge in [-0.3, -0.25) is 4.79 Å². The SMILES string of the molecule is C[C@H](OC(=O)COc1ccccc1)C(=O)NC1(C#N)CCCCC1. The highest BCUT2D eigenvalue weighted by molar-refractivity contribution is 5.84. The first-order valence-electron chi connectivity index (χ1n) is 8.15. The summed E-state index contributed by atoms with van der Waals surface area (Å²) >= 11 is 0. The van der Waals surface area contributed by atoms with Crippen LogP contribution in [-0.2, 0) is 14.3 Å². The van der Waals surface area contributed by atoms with E-state index in [-0.39, 0.29) is 6.61 Å². The van der Waals surface area contributed by atoms with Crippen molar-refractivity contribution >= 4 is 11.9 Å². The Labute approximate surface area is 141 Å². The lowest BCUT2D eigenvalue weighted by Crippen LogP contribution is -2.52. The van der Waals surface area contributed by atoms with Crippen molar-refractivity contribution in [3.8, 4) is 11.8 Å². The van der Waals surface area contributed by atoms with E-state index < -0.39 is 23.5 Å². The fourth-order valence-corrected chi connectivity index (χ4v) is 2.70. The zero-order valence-electron chi connectivity index (χ0n) is 13.8. The Balaban J connectivity index is 1.80. The van der Waals surface area contributed by atoms with E-state index in [9.17, 15) is 14.9 Å². The van der Waals surface area contributed by atoms with Gasteiger partial charge in [0.2, 0.25) is 0 Å². The van der Waals surface area contributed by atoms with Crippen molar-refractivity contribution in [2.24, 2.45) is 0 Å². The van der Waals surface area contributed by atoms with Gasteiger partial charge < -0.3 is 14.8 Å². The number of hydrogen-bond donors (Lipinski definition) is 1. The summed E-state index contributed by atoms with van der Waals surface area (Å²) in [6.45, 7) is 1.22. The van der Waals surface area contributed by atoms with Gasteiger partial charge in [0.15, 0.2) is 12.7 Å². The van der Waals surface area contributed by atoms with Crippen LogP contribution in [0, 0.1) is 11.3 Å². The van der Waals surface area contributed by atoms with Crippen LogP contribution in [0.5, 0.6) is 5.75 Å². The molecule has 0 heterocycles. The molecule has 0 aliphatic heterocycles. The Morgan fingerprint density at radius 2 is 1.92 bits per heavy atom. The largest absolute Gasteiger partial charge is 0.482 e. The molecule has 1 aromatic rings. The minimum absolute atomic E-state index is 0.273. The van der Waals surface area contributed by atoms with Gasteiger partial charge in [-0.1, -0.05) is 37.5 Å². The fourth-order valence-electron chi connectivity index (χ4n) is 2.70. The monoisotopic (exact) mass is 330 g/mol. The van der Waals surface area contributed by atoms with Gasteiger partial charge in [-0.2, -0.15) is 5.26 Å². The van der Waals surface area contributed by atoms with Crippen molar-refractivity contribution in [2.75, 3.05) is 6.61 Å². The zero-order chi connectivity index (χ0) is 17.4. The molecule has 1 fully saturated rings. The number of amides is 1. The minimum Gasteiger partial charge on any atom is -0.482 e. The molecule has 0 saturated heterocycles. The summed E-state index contributed by atoms with van der Waals surface area (Å²) in [6, 6.07) is 11.1. The van der Waals surface area contributed by atoms with Crippen LogP contribution < -0.4 is 10.1 Å². The summed E-state index contributed by atoms with van der Waals surface area (Å²) in [5.41, 5.74) is -0.837. The number of carbonyl (C=O) groups excluding carboxylic acids is 2. The molecule has 0 spiro atoms. The van der Waals surface area contributed by atoms with Crippen LogP contribution in [-0.4, -0.2) is 30.1 Å². The number of rotatable bonds is 6. The quantitative estimate of drug-likeness (QED) is 0.809. The highest BCUT2D eigenvalue weighted by Crippen LogP contribution is 2.27. The van der Waals surface area contributed by atoms with Crippen LogP contribution >= 0.6 is 0 Å². The average molecular weight is 330 g/mol. The lowest BCUT2D eigenvalue weighted by Gasteiger charge is -2.32. The van der Waals surface area contributed by atoms with E-state index in [0.29, 0.717) is 18.6 Å². The van der Waals surface area contributed by atoms with E-state index in [1.807, 2.05) is 6.07 Å². The molecule has 1 N–H and O–H groups in total. The van der Waals surface area contributed by atoms with Crippen molar-refractivity contribution in [3.63, 3.8) is 0 Å². The zero-order valence-corrected chi connectivity index (χ0v) is 13.8. The molecule has 0 aromatic heterocycles. The van der Waals surface area contributed by atoms with E-state index in [2.05, 4.69) is 11.4 Å². The second-order valence-electron chi connectivity index (χ2n) is 5.98. The number of carbonyl (C=O) groups is 2. The Bertz CT molecular complexity index is 603. The van der Waals surface area contributed by atoms with Crippen molar-refractivity contribution in [1.82, 2.24) is 5.32 Å². The average Bonchev–Trinajstić information content (AvgIpc) is 2.61. The summed E-state index contributed by atoms with van der Waals surface area (Å²) in [6.07, 6.45) is 3.18. The standard InChI is InChI=1S/C18H22N2O4/c1-14(17(22)20-18(13-19)10-6-3-7-11-18)24-16(21)12-23-15-8-4-2-5-9-15/h2,4-5,8-9,14H,3,6-7,10-12H2,1H3,(H,20,22)/t14-/m0/s1. The van der Waals surface area contributed by atoms with Crippen LogP contribution in [0.15, 0.2) is 30.3 Å². The van der Waals surface area contributed by atoms with Gasteiger partial charge >= 0.3 is 5.97 Å². The Hall–Kier alpha value is -2.55. The number of benzene rings is 1. The van der Waals surface area contributed by atoms with E-state index in [1.54, 1.807) is 24.3 Å². The molecule has 128 valence electrons. The third-order valence-electron chi connectivity index (χ3n) is 4.06. The summed E-state index contributed by atoms with van der Waals surface area (Å²) in [5.74, 6) is -0.528.